The first-order chi connectivity index (χ1) is 24.6. The van der Waals surface area contributed by atoms with Crippen LogP contribution < -0.4 is 0 Å². The van der Waals surface area contributed by atoms with Crippen LogP contribution in [0, 0.1) is 13.8 Å². The second kappa shape index (κ2) is 13.7. The topological polar surface area (TPSA) is 0 Å². The molecule has 8 aromatic rings. The first-order valence-corrected chi connectivity index (χ1v) is 17.3. The van der Waals surface area contributed by atoms with Gasteiger partial charge in [-0.1, -0.05) is 158 Å². The Hall–Kier alpha value is -6.24. The van der Waals surface area contributed by atoms with Gasteiger partial charge in [0.15, 0.2) is 0 Å². The van der Waals surface area contributed by atoms with Crippen LogP contribution in [0.3, 0.4) is 0 Å². The minimum absolute atomic E-state index is 1.22. The monoisotopic (exact) mass is 638 g/mol. The van der Waals surface area contributed by atoms with Crippen molar-refractivity contribution in [2.75, 3.05) is 0 Å². The maximum Gasteiger partial charge on any atom is -0.0146 e. The van der Waals surface area contributed by atoms with Crippen molar-refractivity contribution in [3.05, 3.63) is 205 Å². The van der Waals surface area contributed by atoms with Crippen LogP contribution >= 0.6 is 0 Å². The minimum atomic E-state index is 1.22. The highest BCUT2D eigenvalue weighted by molar-refractivity contribution is 5.89. The molecule has 0 amide bonds. The maximum absolute atomic E-state index is 2.34. The fourth-order valence-electron chi connectivity index (χ4n) is 7.24. The Bertz CT molecular complexity index is 2110. The average molecular weight is 639 g/mol. The molecule has 0 radical (unpaired) electrons. The summed E-state index contributed by atoms with van der Waals surface area (Å²) in [7, 11) is 0. The lowest BCUT2D eigenvalue weighted by molar-refractivity contribution is 1.40. The van der Waals surface area contributed by atoms with Gasteiger partial charge in [0.05, 0.1) is 0 Å². The third-order valence-electron chi connectivity index (χ3n) is 9.87. The SMILES string of the molecule is Cc1c(-c2cc(-c3ccccc3)cc(-c3ccccc3)c2)cccc1-c1cccc(-c2cc(-c3ccccc3)cc(-c3ccccc3)c2)c1C. The summed E-state index contributed by atoms with van der Waals surface area (Å²) >= 11 is 0. The molecule has 0 heteroatoms. The molecule has 0 aliphatic rings. The van der Waals surface area contributed by atoms with Gasteiger partial charge in [-0.25, -0.2) is 0 Å². The molecule has 0 aliphatic carbocycles. The van der Waals surface area contributed by atoms with Crippen molar-refractivity contribution >= 4 is 0 Å². The number of hydrogen-bond donors (Lipinski definition) is 0. The van der Waals surface area contributed by atoms with E-state index in [0.717, 1.165) is 0 Å². The highest BCUT2D eigenvalue weighted by atomic mass is 14.2. The fourth-order valence-corrected chi connectivity index (χ4v) is 7.24. The van der Waals surface area contributed by atoms with Gasteiger partial charge in [0.2, 0.25) is 0 Å². The quantitative estimate of drug-likeness (QED) is 0.163. The lowest BCUT2D eigenvalue weighted by Gasteiger charge is -2.18. The Balaban J connectivity index is 1.26. The summed E-state index contributed by atoms with van der Waals surface area (Å²) in [5.41, 5.74) is 19.8. The molecule has 0 fully saturated rings. The zero-order chi connectivity index (χ0) is 33.9. The molecule has 8 aromatic carbocycles. The van der Waals surface area contributed by atoms with E-state index in [2.05, 4.69) is 208 Å². The summed E-state index contributed by atoms with van der Waals surface area (Å²) in [6.45, 7) is 4.55. The predicted molar refractivity (Wildman–Crippen MR) is 214 cm³/mol. The van der Waals surface area contributed by atoms with E-state index in [-0.39, 0.29) is 0 Å². The van der Waals surface area contributed by atoms with Gasteiger partial charge < -0.3 is 0 Å². The van der Waals surface area contributed by atoms with Crippen molar-refractivity contribution in [2.45, 2.75) is 13.8 Å². The summed E-state index contributed by atoms with van der Waals surface area (Å²) in [5.74, 6) is 0. The van der Waals surface area contributed by atoms with Gasteiger partial charge in [0.1, 0.15) is 0 Å². The van der Waals surface area contributed by atoms with Gasteiger partial charge in [-0.2, -0.15) is 0 Å². The van der Waals surface area contributed by atoms with Gasteiger partial charge in [-0.15, -0.1) is 0 Å². The normalized spacial score (nSPS) is 11.0. The second-order valence-electron chi connectivity index (χ2n) is 13.0. The number of hydrogen-bond acceptors (Lipinski definition) is 0. The van der Waals surface area contributed by atoms with Crippen LogP contribution in [-0.4, -0.2) is 0 Å². The summed E-state index contributed by atoms with van der Waals surface area (Å²) in [6, 6.07) is 70.3. The van der Waals surface area contributed by atoms with Gasteiger partial charge in [-0.05, 0) is 139 Å². The molecule has 0 atom stereocenters. The van der Waals surface area contributed by atoms with Crippen molar-refractivity contribution < 1.29 is 0 Å². The van der Waals surface area contributed by atoms with Crippen LogP contribution in [0.1, 0.15) is 11.1 Å². The van der Waals surface area contributed by atoms with Crippen LogP contribution in [0.2, 0.25) is 0 Å². The molecule has 238 valence electrons. The van der Waals surface area contributed by atoms with E-state index in [4.69, 9.17) is 0 Å². The minimum Gasteiger partial charge on any atom is -0.0622 e. The molecule has 50 heavy (non-hydrogen) atoms. The first kappa shape index (κ1) is 31.1. The zero-order valence-corrected chi connectivity index (χ0v) is 28.5. The molecule has 0 nitrogen and oxygen atoms in total. The molecule has 0 N–H and O–H groups in total. The Kier molecular flexibility index (Phi) is 8.51. The van der Waals surface area contributed by atoms with Crippen molar-refractivity contribution in [3.8, 4) is 77.9 Å². The van der Waals surface area contributed by atoms with E-state index in [0.29, 0.717) is 0 Å². The van der Waals surface area contributed by atoms with Crippen LogP contribution in [0.15, 0.2) is 194 Å². The van der Waals surface area contributed by atoms with E-state index in [1.54, 1.807) is 0 Å². The van der Waals surface area contributed by atoms with Crippen molar-refractivity contribution in [3.63, 3.8) is 0 Å². The second-order valence-corrected chi connectivity index (χ2v) is 13.0. The van der Waals surface area contributed by atoms with E-state index in [9.17, 15) is 0 Å². The smallest absolute Gasteiger partial charge is 0.0146 e. The van der Waals surface area contributed by atoms with Crippen LogP contribution in [0.5, 0.6) is 0 Å². The van der Waals surface area contributed by atoms with E-state index in [1.165, 1.54) is 89.0 Å². The molecule has 8 rings (SSSR count). The van der Waals surface area contributed by atoms with Crippen LogP contribution in [-0.2, 0) is 0 Å². The fraction of sp³-hybridized carbons (Fsp3) is 0.0400. The Morgan fingerprint density at radius 1 is 0.200 bits per heavy atom. The van der Waals surface area contributed by atoms with E-state index < -0.39 is 0 Å². The van der Waals surface area contributed by atoms with E-state index in [1.807, 2.05) is 0 Å². The van der Waals surface area contributed by atoms with Crippen LogP contribution in [0.4, 0.5) is 0 Å². The van der Waals surface area contributed by atoms with E-state index >= 15 is 0 Å². The summed E-state index contributed by atoms with van der Waals surface area (Å²) in [5, 5.41) is 0. The standard InChI is InChI=1S/C50H38/c1-35-47(45-31-41(37-17-7-3-8-18-37)29-42(32-45)38-19-9-4-10-20-38)25-15-27-49(35)50-28-16-26-48(36(50)2)46-33-43(39-21-11-5-12-22-39)30-44(34-46)40-23-13-6-14-24-40/h3-34H,1-2H3. The molecule has 0 spiro atoms. The molecule has 0 saturated carbocycles. The highest BCUT2D eigenvalue weighted by Crippen LogP contribution is 2.41. The first-order valence-electron chi connectivity index (χ1n) is 17.3. The third kappa shape index (κ3) is 6.20. The molecule has 0 heterocycles. The number of benzene rings is 8. The maximum atomic E-state index is 2.34. The Morgan fingerprint density at radius 3 is 0.720 bits per heavy atom. The summed E-state index contributed by atoms with van der Waals surface area (Å²) < 4.78 is 0. The molecule has 0 saturated heterocycles. The van der Waals surface area contributed by atoms with Crippen LogP contribution in [0.25, 0.3) is 77.9 Å². The van der Waals surface area contributed by atoms with Gasteiger partial charge in [0.25, 0.3) is 0 Å². The molecule has 0 unspecified atom stereocenters. The van der Waals surface area contributed by atoms with Crippen molar-refractivity contribution in [1.82, 2.24) is 0 Å². The Morgan fingerprint density at radius 2 is 0.440 bits per heavy atom. The van der Waals surface area contributed by atoms with Crippen molar-refractivity contribution in [2.24, 2.45) is 0 Å². The zero-order valence-electron chi connectivity index (χ0n) is 28.5. The number of rotatable bonds is 7. The average Bonchev–Trinajstić information content (AvgIpc) is 3.19. The molecule has 0 aliphatic heterocycles. The molecular weight excluding hydrogens is 601 g/mol. The van der Waals surface area contributed by atoms with Gasteiger partial charge >= 0.3 is 0 Å². The van der Waals surface area contributed by atoms with Crippen molar-refractivity contribution in [1.29, 1.82) is 0 Å². The third-order valence-corrected chi connectivity index (χ3v) is 9.87. The summed E-state index contributed by atoms with van der Waals surface area (Å²) in [6.07, 6.45) is 0. The largest absolute Gasteiger partial charge is 0.0622 e. The predicted octanol–water partition coefficient (Wildman–Crippen LogP) is 14.0. The molecular formula is C50H38. The highest BCUT2D eigenvalue weighted by Gasteiger charge is 2.16. The Labute approximate surface area is 296 Å². The van der Waals surface area contributed by atoms with Gasteiger partial charge in [0, 0.05) is 0 Å². The van der Waals surface area contributed by atoms with Gasteiger partial charge in [-0.3, -0.25) is 0 Å². The lowest BCUT2D eigenvalue weighted by Crippen LogP contribution is -1.94. The molecule has 0 aromatic heterocycles. The lowest BCUT2D eigenvalue weighted by atomic mass is 9.86. The summed E-state index contributed by atoms with van der Waals surface area (Å²) in [4.78, 5) is 0. The molecule has 0 bridgehead atoms.